The van der Waals surface area contributed by atoms with Crippen LogP contribution in [0.4, 0.5) is 0 Å². The second-order valence-corrected chi connectivity index (χ2v) is 5.18. The summed E-state index contributed by atoms with van der Waals surface area (Å²) in [5.41, 5.74) is 5.01. The molecule has 1 heterocycles. The molecule has 1 rings (SSSR count). The van der Waals surface area contributed by atoms with Crippen LogP contribution in [0.2, 0.25) is 0 Å². The highest BCUT2D eigenvalue weighted by atomic mass is 32.2. The second-order valence-electron chi connectivity index (χ2n) is 3.25. The Hall–Kier alpha value is -1.19. The van der Waals surface area contributed by atoms with E-state index in [2.05, 4.69) is 0 Å². The molecule has 0 saturated carbocycles. The summed E-state index contributed by atoms with van der Waals surface area (Å²) in [5.74, 6) is -3.39. The van der Waals surface area contributed by atoms with Gasteiger partial charge in [0.1, 0.15) is 6.04 Å². The van der Waals surface area contributed by atoms with E-state index in [0.29, 0.717) is 0 Å². The van der Waals surface area contributed by atoms with Crippen molar-refractivity contribution < 1.29 is 27.9 Å². The quantitative estimate of drug-likeness (QED) is 0.573. The number of amides is 1. The van der Waals surface area contributed by atoms with Crippen LogP contribution in [0.25, 0.3) is 0 Å². The molecule has 1 aliphatic heterocycles. The van der Waals surface area contributed by atoms with Gasteiger partial charge in [-0.1, -0.05) is 0 Å². The molecule has 1 fully saturated rings. The van der Waals surface area contributed by atoms with E-state index < -0.39 is 33.7 Å². The van der Waals surface area contributed by atoms with Crippen LogP contribution in [0.3, 0.4) is 0 Å². The van der Waals surface area contributed by atoms with Gasteiger partial charge in [-0.25, -0.2) is 8.42 Å². The fourth-order valence-electron chi connectivity index (χ4n) is 1.38. The number of carbonyl (C=O) groups is 2. The molecular formula is C7H12N2O6S. The van der Waals surface area contributed by atoms with Gasteiger partial charge < -0.3 is 15.6 Å². The SMILES string of the molecule is NC(=O)C1COCCN1S(=O)(=O)CC(=O)O. The third kappa shape index (κ3) is 2.90. The van der Waals surface area contributed by atoms with Gasteiger partial charge in [0.05, 0.1) is 13.2 Å². The summed E-state index contributed by atoms with van der Waals surface area (Å²) in [6, 6.07) is -1.13. The number of carboxylic acids is 1. The summed E-state index contributed by atoms with van der Waals surface area (Å²) in [6.07, 6.45) is 0. The maximum Gasteiger partial charge on any atom is 0.320 e. The van der Waals surface area contributed by atoms with Gasteiger partial charge in [-0.2, -0.15) is 4.31 Å². The fourth-order valence-corrected chi connectivity index (χ4v) is 2.77. The van der Waals surface area contributed by atoms with E-state index in [0.717, 1.165) is 4.31 Å². The van der Waals surface area contributed by atoms with Crippen molar-refractivity contribution in [1.29, 1.82) is 0 Å². The van der Waals surface area contributed by atoms with Crippen LogP contribution in [-0.2, 0) is 24.3 Å². The largest absolute Gasteiger partial charge is 0.480 e. The monoisotopic (exact) mass is 252 g/mol. The summed E-state index contributed by atoms with van der Waals surface area (Å²) in [7, 11) is -4.02. The summed E-state index contributed by atoms with van der Waals surface area (Å²) in [6.45, 7) is -0.0972. The molecule has 0 aliphatic carbocycles. The van der Waals surface area contributed by atoms with Crippen molar-refractivity contribution in [3.63, 3.8) is 0 Å². The van der Waals surface area contributed by atoms with Gasteiger partial charge >= 0.3 is 5.97 Å². The van der Waals surface area contributed by atoms with Gasteiger partial charge in [0.25, 0.3) is 0 Å². The summed E-state index contributed by atoms with van der Waals surface area (Å²) >= 11 is 0. The van der Waals surface area contributed by atoms with E-state index in [-0.39, 0.29) is 19.8 Å². The molecule has 0 bridgehead atoms. The van der Waals surface area contributed by atoms with Gasteiger partial charge in [0, 0.05) is 6.54 Å². The number of carbonyl (C=O) groups excluding carboxylic acids is 1. The first-order valence-corrected chi connectivity index (χ1v) is 6.04. The molecule has 8 nitrogen and oxygen atoms in total. The van der Waals surface area contributed by atoms with Crippen LogP contribution in [0.5, 0.6) is 0 Å². The fraction of sp³-hybridized carbons (Fsp3) is 0.714. The maximum atomic E-state index is 11.6. The molecule has 16 heavy (non-hydrogen) atoms. The third-order valence-electron chi connectivity index (χ3n) is 2.07. The van der Waals surface area contributed by atoms with Gasteiger partial charge in [0.2, 0.25) is 15.9 Å². The molecule has 0 radical (unpaired) electrons. The summed E-state index contributed by atoms with van der Waals surface area (Å²) < 4.78 is 28.9. The minimum atomic E-state index is -4.02. The van der Waals surface area contributed by atoms with Gasteiger partial charge in [-0.3, -0.25) is 9.59 Å². The normalized spacial score (nSPS) is 22.9. The molecule has 0 spiro atoms. The predicted molar refractivity (Wildman–Crippen MR) is 51.9 cm³/mol. The maximum absolute atomic E-state index is 11.6. The standard InChI is InChI=1S/C7H12N2O6S/c8-7(12)5-3-15-2-1-9(5)16(13,14)4-6(10)11/h5H,1-4H2,(H2,8,12)(H,10,11). The Morgan fingerprint density at radius 3 is 2.62 bits per heavy atom. The number of nitrogens with two attached hydrogens (primary N) is 1. The number of nitrogens with zero attached hydrogens (tertiary/aromatic N) is 1. The zero-order valence-corrected chi connectivity index (χ0v) is 9.14. The molecule has 1 saturated heterocycles. The average molecular weight is 252 g/mol. The molecule has 1 unspecified atom stereocenters. The molecule has 1 atom stereocenters. The minimum absolute atomic E-state index is 0.0662. The third-order valence-corrected chi connectivity index (χ3v) is 3.83. The summed E-state index contributed by atoms with van der Waals surface area (Å²) in [4.78, 5) is 21.4. The number of hydrogen-bond donors (Lipinski definition) is 2. The lowest BCUT2D eigenvalue weighted by Crippen LogP contribution is -2.55. The first-order valence-electron chi connectivity index (χ1n) is 4.43. The molecule has 9 heteroatoms. The van der Waals surface area contributed by atoms with E-state index in [9.17, 15) is 18.0 Å². The van der Waals surface area contributed by atoms with Crippen molar-refractivity contribution in [1.82, 2.24) is 4.31 Å². The molecular weight excluding hydrogens is 240 g/mol. The van der Waals surface area contributed by atoms with E-state index in [1.165, 1.54) is 0 Å². The van der Waals surface area contributed by atoms with Gasteiger partial charge in [-0.05, 0) is 0 Å². The molecule has 3 N–H and O–H groups in total. The smallest absolute Gasteiger partial charge is 0.320 e. The lowest BCUT2D eigenvalue weighted by molar-refractivity contribution is -0.134. The van der Waals surface area contributed by atoms with Crippen LogP contribution in [0.15, 0.2) is 0 Å². The number of ether oxygens (including phenoxy) is 1. The van der Waals surface area contributed by atoms with Crippen molar-refractivity contribution >= 4 is 21.9 Å². The number of morpholine rings is 1. The second kappa shape index (κ2) is 4.76. The number of sulfonamides is 1. The lowest BCUT2D eigenvalue weighted by Gasteiger charge is -2.31. The van der Waals surface area contributed by atoms with Crippen molar-refractivity contribution in [2.24, 2.45) is 5.73 Å². The highest BCUT2D eigenvalue weighted by molar-refractivity contribution is 7.89. The highest BCUT2D eigenvalue weighted by Gasteiger charge is 2.37. The first-order chi connectivity index (χ1) is 7.34. The number of rotatable bonds is 4. The minimum Gasteiger partial charge on any atom is -0.480 e. The van der Waals surface area contributed by atoms with Crippen molar-refractivity contribution in [3.05, 3.63) is 0 Å². The highest BCUT2D eigenvalue weighted by Crippen LogP contribution is 2.12. The Morgan fingerprint density at radius 1 is 1.50 bits per heavy atom. The predicted octanol–water partition coefficient (Wildman–Crippen LogP) is -2.41. The Bertz CT molecular complexity index is 392. The first kappa shape index (κ1) is 12.9. The Balaban J connectivity index is 2.90. The number of hydrogen-bond acceptors (Lipinski definition) is 5. The van der Waals surface area contributed by atoms with Gasteiger partial charge in [-0.15, -0.1) is 0 Å². The van der Waals surface area contributed by atoms with E-state index in [4.69, 9.17) is 15.6 Å². The van der Waals surface area contributed by atoms with Crippen molar-refractivity contribution in [2.45, 2.75) is 6.04 Å². The van der Waals surface area contributed by atoms with E-state index >= 15 is 0 Å². The average Bonchev–Trinajstić information content (AvgIpc) is 2.15. The van der Waals surface area contributed by atoms with Crippen molar-refractivity contribution in [2.75, 3.05) is 25.5 Å². The van der Waals surface area contributed by atoms with Crippen LogP contribution < -0.4 is 5.73 Å². The van der Waals surface area contributed by atoms with Crippen LogP contribution in [0, 0.1) is 0 Å². The molecule has 1 amide bonds. The Labute approximate surface area is 92.0 Å². The van der Waals surface area contributed by atoms with Crippen LogP contribution >= 0.6 is 0 Å². The molecule has 0 aromatic heterocycles. The molecule has 1 aliphatic rings. The Kier molecular flexibility index (Phi) is 3.83. The topological polar surface area (TPSA) is 127 Å². The van der Waals surface area contributed by atoms with Crippen LogP contribution in [0.1, 0.15) is 0 Å². The molecule has 0 aromatic rings. The van der Waals surface area contributed by atoms with Crippen molar-refractivity contribution in [3.8, 4) is 0 Å². The zero-order chi connectivity index (χ0) is 12.3. The summed E-state index contributed by atoms with van der Waals surface area (Å²) in [5, 5.41) is 8.45. The Morgan fingerprint density at radius 2 is 2.12 bits per heavy atom. The molecule has 92 valence electrons. The zero-order valence-electron chi connectivity index (χ0n) is 8.33. The van der Waals surface area contributed by atoms with Crippen LogP contribution in [-0.4, -0.2) is 61.3 Å². The van der Waals surface area contributed by atoms with Gasteiger partial charge in [0.15, 0.2) is 5.75 Å². The van der Waals surface area contributed by atoms with E-state index in [1.807, 2.05) is 0 Å². The molecule has 0 aromatic carbocycles. The number of aliphatic carboxylic acids is 1. The number of carboxylic acid groups (broad SMARTS) is 1. The van der Waals surface area contributed by atoms with E-state index in [1.54, 1.807) is 0 Å². The number of primary amides is 1. The lowest BCUT2D eigenvalue weighted by atomic mass is 10.3.